The smallest absolute Gasteiger partial charge is 0.214 e. The molecule has 1 N–H and O–H groups in total. The van der Waals surface area contributed by atoms with E-state index in [9.17, 15) is 4.39 Å². The zero-order valence-electron chi connectivity index (χ0n) is 8.73. The molecule has 3 nitrogen and oxygen atoms in total. The van der Waals surface area contributed by atoms with Crippen LogP contribution in [0, 0.1) is 5.95 Å². The van der Waals surface area contributed by atoms with Gasteiger partial charge in [-0.05, 0) is 36.2 Å². The molecule has 82 valence electrons. The molecule has 0 atom stereocenters. The molecule has 0 aliphatic heterocycles. The third-order valence-corrected chi connectivity index (χ3v) is 2.18. The molecule has 0 fully saturated rings. The fourth-order valence-corrected chi connectivity index (χ4v) is 1.39. The Kier molecular flexibility index (Phi) is 3.43. The van der Waals surface area contributed by atoms with Gasteiger partial charge in [-0.3, -0.25) is 4.98 Å². The molecule has 0 saturated heterocycles. The monoisotopic (exact) mass is 217 g/mol. The Bertz CT molecular complexity index is 445. The van der Waals surface area contributed by atoms with E-state index in [2.05, 4.69) is 15.3 Å². The quantitative estimate of drug-likeness (QED) is 0.798. The fourth-order valence-electron chi connectivity index (χ4n) is 1.39. The molecule has 0 saturated carbocycles. The molecule has 0 bridgehead atoms. The van der Waals surface area contributed by atoms with E-state index >= 15 is 0 Å². The molecule has 0 amide bonds. The molecule has 0 radical (unpaired) electrons. The van der Waals surface area contributed by atoms with Gasteiger partial charge in [0.2, 0.25) is 5.95 Å². The third-order valence-electron chi connectivity index (χ3n) is 2.18. The van der Waals surface area contributed by atoms with Crippen LogP contribution in [0.25, 0.3) is 0 Å². The highest BCUT2D eigenvalue weighted by molar-refractivity contribution is 5.33. The lowest BCUT2D eigenvalue weighted by Crippen LogP contribution is -2.06. The van der Waals surface area contributed by atoms with Crippen LogP contribution < -0.4 is 5.32 Å². The van der Waals surface area contributed by atoms with Gasteiger partial charge in [-0.25, -0.2) is 4.98 Å². The van der Waals surface area contributed by atoms with E-state index in [1.807, 2.05) is 12.1 Å². The van der Waals surface area contributed by atoms with Gasteiger partial charge >= 0.3 is 0 Å². The summed E-state index contributed by atoms with van der Waals surface area (Å²) in [6, 6.07) is 8.63. The van der Waals surface area contributed by atoms with Crippen LogP contribution in [-0.4, -0.2) is 16.5 Å². The minimum atomic E-state index is -0.464. The molecule has 0 aliphatic rings. The molecule has 4 heteroatoms. The van der Waals surface area contributed by atoms with Gasteiger partial charge in [0.15, 0.2) is 0 Å². The van der Waals surface area contributed by atoms with Crippen LogP contribution in [0.5, 0.6) is 0 Å². The van der Waals surface area contributed by atoms with Crippen molar-refractivity contribution in [2.75, 3.05) is 11.9 Å². The van der Waals surface area contributed by atoms with Crippen LogP contribution in [0.15, 0.2) is 42.7 Å². The first-order valence-corrected chi connectivity index (χ1v) is 5.10. The highest BCUT2D eigenvalue weighted by Gasteiger charge is 1.96. The zero-order valence-corrected chi connectivity index (χ0v) is 8.73. The van der Waals surface area contributed by atoms with Crippen molar-refractivity contribution in [3.63, 3.8) is 0 Å². The van der Waals surface area contributed by atoms with Crippen molar-refractivity contribution >= 4 is 5.82 Å². The topological polar surface area (TPSA) is 37.8 Å². The van der Waals surface area contributed by atoms with Crippen molar-refractivity contribution in [2.24, 2.45) is 0 Å². The molecular weight excluding hydrogens is 205 g/mol. The summed E-state index contributed by atoms with van der Waals surface area (Å²) in [5.74, 6) is 0.1000. The highest BCUT2D eigenvalue weighted by atomic mass is 19.1. The van der Waals surface area contributed by atoms with Crippen molar-refractivity contribution in [2.45, 2.75) is 6.42 Å². The van der Waals surface area contributed by atoms with Gasteiger partial charge < -0.3 is 5.32 Å². The van der Waals surface area contributed by atoms with E-state index in [-0.39, 0.29) is 0 Å². The SMILES string of the molecule is Fc1cccc(NCCc2ccncc2)n1. The maximum atomic E-state index is 12.8. The molecular formula is C12H12FN3. The Labute approximate surface area is 93.4 Å². The van der Waals surface area contributed by atoms with E-state index in [1.54, 1.807) is 24.5 Å². The van der Waals surface area contributed by atoms with Gasteiger partial charge in [-0.15, -0.1) is 0 Å². The van der Waals surface area contributed by atoms with Crippen LogP contribution in [0.3, 0.4) is 0 Å². The standard InChI is InChI=1S/C12H12FN3/c13-11-2-1-3-12(16-11)15-9-6-10-4-7-14-8-5-10/h1-5,7-8H,6,9H2,(H,15,16). The normalized spacial score (nSPS) is 10.1. The van der Waals surface area contributed by atoms with E-state index in [4.69, 9.17) is 0 Å². The second kappa shape index (κ2) is 5.21. The van der Waals surface area contributed by atoms with Gasteiger partial charge in [0.1, 0.15) is 5.82 Å². The van der Waals surface area contributed by atoms with Crippen molar-refractivity contribution in [1.82, 2.24) is 9.97 Å². The number of aromatic nitrogens is 2. The molecule has 2 aromatic rings. The number of hydrogen-bond donors (Lipinski definition) is 1. The van der Waals surface area contributed by atoms with Crippen LogP contribution in [0.1, 0.15) is 5.56 Å². The lowest BCUT2D eigenvalue weighted by atomic mass is 10.2. The number of hydrogen-bond acceptors (Lipinski definition) is 3. The summed E-state index contributed by atoms with van der Waals surface area (Å²) >= 11 is 0. The average molecular weight is 217 g/mol. The van der Waals surface area contributed by atoms with Gasteiger partial charge in [-0.1, -0.05) is 6.07 Å². The van der Waals surface area contributed by atoms with E-state index in [1.165, 1.54) is 11.6 Å². The molecule has 0 spiro atoms. The Morgan fingerprint density at radius 3 is 2.69 bits per heavy atom. The second-order valence-corrected chi connectivity index (χ2v) is 3.38. The minimum Gasteiger partial charge on any atom is -0.370 e. The molecule has 0 unspecified atom stereocenters. The summed E-state index contributed by atoms with van der Waals surface area (Å²) < 4.78 is 12.8. The summed E-state index contributed by atoms with van der Waals surface area (Å²) in [6.07, 6.45) is 4.38. The summed E-state index contributed by atoms with van der Waals surface area (Å²) in [5, 5.41) is 3.06. The average Bonchev–Trinajstić information content (AvgIpc) is 2.30. The first-order valence-electron chi connectivity index (χ1n) is 5.10. The van der Waals surface area contributed by atoms with Crippen molar-refractivity contribution < 1.29 is 4.39 Å². The van der Waals surface area contributed by atoms with Gasteiger partial charge in [0.05, 0.1) is 0 Å². The number of rotatable bonds is 4. The Morgan fingerprint density at radius 2 is 1.94 bits per heavy atom. The number of pyridine rings is 2. The fraction of sp³-hybridized carbons (Fsp3) is 0.167. The third kappa shape index (κ3) is 3.02. The lowest BCUT2D eigenvalue weighted by molar-refractivity contribution is 0.585. The summed E-state index contributed by atoms with van der Waals surface area (Å²) in [7, 11) is 0. The molecule has 2 rings (SSSR count). The molecule has 0 aliphatic carbocycles. The first-order chi connectivity index (χ1) is 7.84. The summed E-state index contributed by atoms with van der Waals surface area (Å²) in [6.45, 7) is 0.723. The number of nitrogens with zero attached hydrogens (tertiary/aromatic N) is 2. The largest absolute Gasteiger partial charge is 0.370 e. The maximum absolute atomic E-state index is 12.8. The van der Waals surface area contributed by atoms with Crippen molar-refractivity contribution in [3.8, 4) is 0 Å². The Balaban J connectivity index is 1.85. The van der Waals surface area contributed by atoms with Crippen LogP contribution in [0.2, 0.25) is 0 Å². The van der Waals surface area contributed by atoms with Gasteiger partial charge in [0.25, 0.3) is 0 Å². The predicted molar refractivity (Wildman–Crippen MR) is 60.6 cm³/mol. The van der Waals surface area contributed by atoms with E-state index < -0.39 is 5.95 Å². The summed E-state index contributed by atoms with van der Waals surface area (Å²) in [4.78, 5) is 7.66. The molecule has 2 heterocycles. The highest BCUT2D eigenvalue weighted by Crippen LogP contribution is 2.04. The summed E-state index contributed by atoms with van der Waals surface area (Å²) in [5.41, 5.74) is 1.19. The minimum absolute atomic E-state index is 0.464. The maximum Gasteiger partial charge on any atom is 0.214 e. The number of halogens is 1. The molecule has 16 heavy (non-hydrogen) atoms. The Hall–Kier alpha value is -1.97. The number of anilines is 1. The van der Waals surface area contributed by atoms with Gasteiger partial charge in [-0.2, -0.15) is 4.39 Å². The lowest BCUT2D eigenvalue weighted by Gasteiger charge is -2.04. The van der Waals surface area contributed by atoms with Crippen molar-refractivity contribution in [1.29, 1.82) is 0 Å². The second-order valence-electron chi connectivity index (χ2n) is 3.38. The molecule has 2 aromatic heterocycles. The van der Waals surface area contributed by atoms with Crippen LogP contribution in [0.4, 0.5) is 10.2 Å². The zero-order chi connectivity index (χ0) is 11.2. The van der Waals surface area contributed by atoms with E-state index in [0.717, 1.165) is 13.0 Å². The van der Waals surface area contributed by atoms with E-state index in [0.29, 0.717) is 5.82 Å². The predicted octanol–water partition coefficient (Wildman–Crippen LogP) is 2.27. The van der Waals surface area contributed by atoms with Crippen LogP contribution >= 0.6 is 0 Å². The Morgan fingerprint density at radius 1 is 1.12 bits per heavy atom. The van der Waals surface area contributed by atoms with Gasteiger partial charge in [0, 0.05) is 18.9 Å². The number of nitrogens with one attached hydrogen (secondary N) is 1. The van der Waals surface area contributed by atoms with Crippen LogP contribution in [-0.2, 0) is 6.42 Å². The molecule has 0 aromatic carbocycles. The van der Waals surface area contributed by atoms with Crippen molar-refractivity contribution in [3.05, 3.63) is 54.2 Å². The first kappa shape index (κ1) is 10.5.